The minimum absolute atomic E-state index is 0.107. The molecule has 25 heavy (non-hydrogen) atoms. The molecule has 0 spiro atoms. The van der Waals surface area contributed by atoms with E-state index >= 15 is 0 Å². The highest BCUT2D eigenvalue weighted by molar-refractivity contribution is 5.85. The minimum Gasteiger partial charge on any atom is -0.490 e. The third-order valence-electron chi connectivity index (χ3n) is 4.04. The largest absolute Gasteiger partial charge is 0.490 e. The Morgan fingerprint density at radius 2 is 2.16 bits per heavy atom. The number of H-pyrrole nitrogens is 1. The number of aromatic nitrogens is 3. The SMILES string of the molecule is Cc1noc(C(NCC(O)COc2cccc3[nH]ccc23)C(C)C)n1. The molecule has 7 nitrogen and oxygen atoms in total. The van der Waals surface area contributed by atoms with Gasteiger partial charge in [0.15, 0.2) is 5.82 Å². The van der Waals surface area contributed by atoms with E-state index in [1.807, 2.05) is 30.5 Å². The molecule has 134 valence electrons. The average Bonchev–Trinajstić information content (AvgIpc) is 3.22. The fraction of sp³-hybridized carbons (Fsp3) is 0.444. The van der Waals surface area contributed by atoms with Gasteiger partial charge in [0, 0.05) is 23.6 Å². The van der Waals surface area contributed by atoms with Gasteiger partial charge in [-0.3, -0.25) is 0 Å². The summed E-state index contributed by atoms with van der Waals surface area (Å²) in [4.78, 5) is 7.42. The van der Waals surface area contributed by atoms with Crippen LogP contribution in [0.15, 0.2) is 35.0 Å². The Kier molecular flexibility index (Phi) is 5.35. The third kappa shape index (κ3) is 4.18. The molecule has 2 atom stereocenters. The molecule has 0 radical (unpaired) electrons. The zero-order valence-electron chi connectivity index (χ0n) is 14.7. The molecule has 7 heteroatoms. The zero-order chi connectivity index (χ0) is 17.8. The summed E-state index contributed by atoms with van der Waals surface area (Å²) in [6, 6.07) is 7.66. The average molecular weight is 344 g/mol. The fourth-order valence-corrected chi connectivity index (χ4v) is 2.74. The first kappa shape index (κ1) is 17.4. The predicted molar refractivity (Wildman–Crippen MR) is 94.4 cm³/mol. The minimum atomic E-state index is -0.653. The Labute approximate surface area is 146 Å². The molecule has 0 fully saturated rings. The molecule has 2 heterocycles. The molecular formula is C18H24N4O3. The number of nitrogens with zero attached hydrogens (tertiary/aromatic N) is 2. The Bertz CT molecular complexity index is 811. The summed E-state index contributed by atoms with van der Waals surface area (Å²) < 4.78 is 11.0. The van der Waals surface area contributed by atoms with Gasteiger partial charge in [-0.05, 0) is 31.0 Å². The van der Waals surface area contributed by atoms with Crippen LogP contribution < -0.4 is 10.1 Å². The Hall–Kier alpha value is -2.38. The molecule has 0 saturated carbocycles. The summed E-state index contributed by atoms with van der Waals surface area (Å²) in [6.07, 6.45) is 1.22. The Balaban J connectivity index is 1.55. The lowest BCUT2D eigenvalue weighted by molar-refractivity contribution is 0.100. The number of aryl methyl sites for hydroxylation is 1. The molecule has 0 aliphatic carbocycles. The number of aromatic amines is 1. The second-order valence-corrected chi connectivity index (χ2v) is 6.47. The van der Waals surface area contributed by atoms with Crippen LogP contribution in [0.4, 0.5) is 0 Å². The van der Waals surface area contributed by atoms with Gasteiger partial charge in [-0.2, -0.15) is 4.98 Å². The van der Waals surface area contributed by atoms with Crippen LogP contribution in [-0.2, 0) is 0 Å². The smallest absolute Gasteiger partial charge is 0.244 e. The molecular weight excluding hydrogens is 320 g/mol. The molecule has 3 aromatic rings. The lowest BCUT2D eigenvalue weighted by Crippen LogP contribution is -2.36. The van der Waals surface area contributed by atoms with Crippen molar-refractivity contribution in [1.82, 2.24) is 20.4 Å². The summed E-state index contributed by atoms with van der Waals surface area (Å²) in [6.45, 7) is 6.48. The van der Waals surface area contributed by atoms with Crippen molar-refractivity contribution in [3.05, 3.63) is 42.2 Å². The van der Waals surface area contributed by atoms with E-state index in [4.69, 9.17) is 9.26 Å². The van der Waals surface area contributed by atoms with Crippen molar-refractivity contribution in [3.8, 4) is 5.75 Å². The summed E-state index contributed by atoms with van der Waals surface area (Å²) >= 11 is 0. The fourth-order valence-electron chi connectivity index (χ4n) is 2.74. The van der Waals surface area contributed by atoms with Crippen LogP contribution in [0.2, 0.25) is 0 Å². The van der Waals surface area contributed by atoms with Gasteiger partial charge in [0.25, 0.3) is 0 Å². The molecule has 3 N–H and O–H groups in total. The number of rotatable bonds is 8. The highest BCUT2D eigenvalue weighted by Gasteiger charge is 2.22. The summed E-state index contributed by atoms with van der Waals surface area (Å²) in [5.41, 5.74) is 1.01. The molecule has 1 aromatic carbocycles. The monoisotopic (exact) mass is 344 g/mol. The number of aliphatic hydroxyl groups excluding tert-OH is 1. The van der Waals surface area contributed by atoms with Gasteiger partial charge in [0.1, 0.15) is 18.5 Å². The zero-order valence-corrected chi connectivity index (χ0v) is 14.7. The lowest BCUT2D eigenvalue weighted by Gasteiger charge is -2.21. The Morgan fingerprint density at radius 1 is 1.32 bits per heavy atom. The van der Waals surface area contributed by atoms with E-state index in [1.54, 1.807) is 6.92 Å². The lowest BCUT2D eigenvalue weighted by atomic mass is 10.0. The van der Waals surface area contributed by atoms with Gasteiger partial charge >= 0.3 is 0 Å². The maximum atomic E-state index is 10.3. The topological polar surface area (TPSA) is 96.2 Å². The summed E-state index contributed by atoms with van der Waals surface area (Å²) in [5.74, 6) is 2.15. The van der Waals surface area contributed by atoms with Gasteiger partial charge in [-0.25, -0.2) is 0 Å². The van der Waals surface area contributed by atoms with E-state index in [2.05, 4.69) is 34.3 Å². The van der Waals surface area contributed by atoms with Crippen LogP contribution in [0.5, 0.6) is 5.75 Å². The van der Waals surface area contributed by atoms with Crippen molar-refractivity contribution in [1.29, 1.82) is 0 Å². The number of nitrogens with one attached hydrogen (secondary N) is 2. The number of benzene rings is 1. The normalized spacial score (nSPS) is 14.1. The number of aliphatic hydroxyl groups is 1. The van der Waals surface area contributed by atoms with E-state index in [0.717, 1.165) is 16.7 Å². The number of hydrogen-bond acceptors (Lipinski definition) is 6. The highest BCUT2D eigenvalue weighted by atomic mass is 16.5. The van der Waals surface area contributed by atoms with Gasteiger partial charge in [-0.1, -0.05) is 25.1 Å². The summed E-state index contributed by atoms with van der Waals surface area (Å²) in [7, 11) is 0. The first-order valence-corrected chi connectivity index (χ1v) is 8.45. The first-order valence-electron chi connectivity index (χ1n) is 8.45. The van der Waals surface area contributed by atoms with Crippen LogP contribution in [0.1, 0.15) is 31.6 Å². The Morgan fingerprint density at radius 3 is 2.88 bits per heavy atom. The van der Waals surface area contributed by atoms with Crippen molar-refractivity contribution in [3.63, 3.8) is 0 Å². The molecule has 0 bridgehead atoms. The van der Waals surface area contributed by atoms with Crippen LogP contribution in [0.25, 0.3) is 10.9 Å². The molecule has 2 aromatic heterocycles. The van der Waals surface area contributed by atoms with Crippen LogP contribution in [0, 0.1) is 12.8 Å². The van der Waals surface area contributed by atoms with E-state index in [9.17, 15) is 5.11 Å². The van der Waals surface area contributed by atoms with Crippen molar-refractivity contribution < 1.29 is 14.4 Å². The van der Waals surface area contributed by atoms with Gasteiger partial charge < -0.3 is 24.7 Å². The molecule has 0 saturated heterocycles. The number of hydrogen-bond donors (Lipinski definition) is 3. The van der Waals surface area contributed by atoms with Gasteiger partial charge in [-0.15, -0.1) is 0 Å². The highest BCUT2D eigenvalue weighted by Crippen LogP contribution is 2.24. The van der Waals surface area contributed by atoms with Gasteiger partial charge in [0.05, 0.1) is 6.04 Å². The summed E-state index contributed by atoms with van der Waals surface area (Å²) in [5, 5.41) is 18.4. The second kappa shape index (κ2) is 7.67. The van der Waals surface area contributed by atoms with Crippen LogP contribution >= 0.6 is 0 Å². The van der Waals surface area contributed by atoms with Crippen LogP contribution in [-0.4, -0.2) is 39.5 Å². The molecule has 3 rings (SSSR count). The third-order valence-corrected chi connectivity index (χ3v) is 4.04. The van der Waals surface area contributed by atoms with Crippen LogP contribution in [0.3, 0.4) is 0 Å². The quantitative estimate of drug-likeness (QED) is 0.581. The van der Waals surface area contributed by atoms with Crippen molar-refractivity contribution in [2.75, 3.05) is 13.2 Å². The predicted octanol–water partition coefficient (Wildman–Crippen LogP) is 2.59. The molecule has 0 aliphatic rings. The molecule has 2 unspecified atom stereocenters. The number of ether oxygens (including phenoxy) is 1. The van der Waals surface area contributed by atoms with E-state index in [0.29, 0.717) is 18.3 Å². The van der Waals surface area contributed by atoms with E-state index in [-0.39, 0.29) is 18.6 Å². The first-order chi connectivity index (χ1) is 12.0. The van der Waals surface area contributed by atoms with Crippen molar-refractivity contribution in [2.24, 2.45) is 5.92 Å². The molecule has 0 aliphatic heterocycles. The maximum absolute atomic E-state index is 10.3. The van der Waals surface area contributed by atoms with Crippen molar-refractivity contribution >= 4 is 10.9 Å². The number of fused-ring (bicyclic) bond motifs is 1. The molecule has 0 amide bonds. The van der Waals surface area contributed by atoms with Crippen molar-refractivity contribution in [2.45, 2.75) is 32.9 Å². The van der Waals surface area contributed by atoms with E-state index < -0.39 is 6.10 Å². The van der Waals surface area contributed by atoms with Gasteiger partial charge in [0.2, 0.25) is 5.89 Å². The standard InChI is InChI=1S/C18H24N4O3/c1-11(2)17(18-21-12(3)22-25-18)20-9-13(23)10-24-16-6-4-5-15-14(16)7-8-19-15/h4-8,11,13,17,19-20,23H,9-10H2,1-3H3. The van der Waals surface area contributed by atoms with E-state index in [1.165, 1.54) is 0 Å². The second-order valence-electron chi connectivity index (χ2n) is 6.47. The maximum Gasteiger partial charge on any atom is 0.244 e.